The first-order valence-corrected chi connectivity index (χ1v) is 8.68. The highest BCUT2D eigenvalue weighted by molar-refractivity contribution is 5.98. The molecule has 5 rings (SSSR count). The largest absolute Gasteiger partial charge is 0.300 e. The Hall–Kier alpha value is -1.79. The van der Waals surface area contributed by atoms with Gasteiger partial charge in [0, 0.05) is 56.2 Å². The van der Waals surface area contributed by atoms with Gasteiger partial charge in [-0.05, 0) is 30.7 Å². The second-order valence-electron chi connectivity index (χ2n) is 7.25. The van der Waals surface area contributed by atoms with E-state index in [4.69, 9.17) is 0 Å². The van der Waals surface area contributed by atoms with Crippen molar-refractivity contribution in [2.24, 2.45) is 16.4 Å². The molecule has 0 saturated carbocycles. The van der Waals surface area contributed by atoms with Crippen molar-refractivity contribution in [1.29, 1.82) is 0 Å². The average Bonchev–Trinajstić information content (AvgIpc) is 2.82. The first-order chi connectivity index (χ1) is 11.6. The summed E-state index contributed by atoms with van der Waals surface area (Å²) in [4.78, 5) is 17.4. The molecule has 0 spiro atoms. The molecule has 1 aromatic carbocycles. The lowest BCUT2D eigenvalue weighted by Crippen LogP contribution is -2.61. The Kier molecular flexibility index (Phi) is 3.89. The Morgan fingerprint density at radius 2 is 1.88 bits per heavy atom. The van der Waals surface area contributed by atoms with Crippen LogP contribution in [0.3, 0.4) is 0 Å². The van der Waals surface area contributed by atoms with Gasteiger partial charge in [-0.2, -0.15) is 5.10 Å². The van der Waals surface area contributed by atoms with E-state index in [1.165, 1.54) is 24.3 Å². The van der Waals surface area contributed by atoms with E-state index in [1.54, 1.807) is 0 Å². The van der Waals surface area contributed by atoms with Gasteiger partial charge in [0.25, 0.3) is 5.91 Å². The van der Waals surface area contributed by atoms with Crippen LogP contribution in [-0.4, -0.2) is 60.7 Å². The maximum Gasteiger partial charge on any atom is 0.271 e. The van der Waals surface area contributed by atoms with Crippen molar-refractivity contribution in [3.8, 4) is 0 Å². The van der Waals surface area contributed by atoms with Gasteiger partial charge in [0.1, 0.15) is 5.82 Å². The van der Waals surface area contributed by atoms with Crippen molar-refractivity contribution in [2.45, 2.75) is 13.3 Å². The summed E-state index contributed by atoms with van der Waals surface area (Å²) in [6.45, 7) is 8.60. The molecular weight excluding hydrogens is 307 g/mol. The molecule has 24 heavy (non-hydrogen) atoms. The number of halogens is 1. The van der Waals surface area contributed by atoms with Crippen LogP contribution in [0.25, 0.3) is 0 Å². The van der Waals surface area contributed by atoms with Gasteiger partial charge in [0.15, 0.2) is 0 Å². The van der Waals surface area contributed by atoms with Gasteiger partial charge in [0.2, 0.25) is 0 Å². The summed E-state index contributed by atoms with van der Waals surface area (Å²) in [6, 6.07) is 5.56. The molecular formula is C18H23FN4O. The number of nitrogens with zero attached hydrogens (tertiary/aromatic N) is 3. The molecule has 0 aliphatic carbocycles. The van der Waals surface area contributed by atoms with Crippen LogP contribution in [0.1, 0.15) is 23.7 Å². The summed E-state index contributed by atoms with van der Waals surface area (Å²) in [5.41, 5.74) is 4.34. The zero-order valence-electron chi connectivity index (χ0n) is 14.0. The number of carbonyl (C=O) groups excluding carboxylic acids is 1. The highest BCUT2D eigenvalue weighted by atomic mass is 19.1. The minimum absolute atomic E-state index is 0.0493. The second-order valence-corrected chi connectivity index (χ2v) is 7.25. The molecule has 4 aliphatic rings. The van der Waals surface area contributed by atoms with Crippen LogP contribution in [0.4, 0.5) is 4.39 Å². The van der Waals surface area contributed by atoms with E-state index >= 15 is 0 Å². The average molecular weight is 330 g/mol. The molecule has 0 radical (unpaired) electrons. The fourth-order valence-electron chi connectivity index (χ4n) is 4.50. The SMILES string of the molecule is CCC12CN3CCN(CC(C3)/C1=N/NC(=O)c1ccc(F)cc1)C2. The predicted octanol–water partition coefficient (Wildman–Crippen LogP) is 1.57. The smallest absolute Gasteiger partial charge is 0.271 e. The van der Waals surface area contributed by atoms with E-state index in [0.717, 1.165) is 51.4 Å². The number of amides is 1. The van der Waals surface area contributed by atoms with E-state index in [1.807, 2.05) is 0 Å². The van der Waals surface area contributed by atoms with Crippen molar-refractivity contribution in [3.05, 3.63) is 35.6 Å². The molecule has 2 atom stereocenters. The Morgan fingerprint density at radius 3 is 2.46 bits per heavy atom. The Labute approximate surface area is 141 Å². The quantitative estimate of drug-likeness (QED) is 0.856. The highest BCUT2D eigenvalue weighted by Gasteiger charge is 2.51. The second kappa shape index (κ2) is 5.93. The van der Waals surface area contributed by atoms with Crippen LogP contribution >= 0.6 is 0 Å². The van der Waals surface area contributed by atoms with Gasteiger partial charge < -0.3 is 9.80 Å². The summed E-state index contributed by atoms with van der Waals surface area (Å²) >= 11 is 0. The summed E-state index contributed by atoms with van der Waals surface area (Å²) in [6.07, 6.45) is 1.03. The summed E-state index contributed by atoms with van der Waals surface area (Å²) in [7, 11) is 0. The molecule has 4 fully saturated rings. The molecule has 2 unspecified atom stereocenters. The van der Waals surface area contributed by atoms with Crippen molar-refractivity contribution in [3.63, 3.8) is 0 Å². The van der Waals surface area contributed by atoms with E-state index in [2.05, 4.69) is 27.3 Å². The number of nitrogens with one attached hydrogen (secondary N) is 1. The number of carbonyl (C=O) groups is 1. The Morgan fingerprint density at radius 1 is 1.25 bits per heavy atom. The van der Waals surface area contributed by atoms with Crippen LogP contribution in [-0.2, 0) is 0 Å². The third-order valence-electron chi connectivity index (χ3n) is 5.73. The number of rotatable bonds is 3. The summed E-state index contributed by atoms with van der Waals surface area (Å²) < 4.78 is 13.0. The highest BCUT2D eigenvalue weighted by Crippen LogP contribution is 2.40. The van der Waals surface area contributed by atoms with Crippen LogP contribution < -0.4 is 5.43 Å². The number of fused-ring (bicyclic) bond motifs is 1. The predicted molar refractivity (Wildman–Crippen MR) is 90.4 cm³/mol. The standard InChI is InChI=1S/C18H23FN4O/c1-2-18-11-22-7-8-23(12-18)10-14(9-22)16(18)20-21-17(24)13-3-5-15(19)6-4-13/h3-6,14H,2,7-12H2,1H3,(H,21,24)/b20-16-. The van der Waals surface area contributed by atoms with E-state index < -0.39 is 0 Å². The number of benzene rings is 1. The lowest BCUT2D eigenvalue weighted by Gasteiger charge is -2.50. The lowest BCUT2D eigenvalue weighted by molar-refractivity contribution is 0.0943. The van der Waals surface area contributed by atoms with Crippen molar-refractivity contribution >= 4 is 11.6 Å². The first kappa shape index (κ1) is 15.7. The normalized spacial score (nSPS) is 35.9. The summed E-state index contributed by atoms with van der Waals surface area (Å²) in [5.74, 6) is -0.229. The van der Waals surface area contributed by atoms with Crippen LogP contribution in [0, 0.1) is 17.2 Å². The maximum absolute atomic E-state index is 13.0. The van der Waals surface area contributed by atoms with Gasteiger partial charge in [-0.3, -0.25) is 4.79 Å². The van der Waals surface area contributed by atoms with Crippen molar-refractivity contribution < 1.29 is 9.18 Å². The zero-order chi connectivity index (χ0) is 16.7. The van der Waals surface area contributed by atoms with E-state index in [0.29, 0.717) is 11.5 Å². The van der Waals surface area contributed by atoms with Gasteiger partial charge in [0.05, 0.1) is 5.71 Å². The molecule has 4 bridgehead atoms. The molecule has 1 amide bonds. The van der Waals surface area contributed by atoms with Crippen molar-refractivity contribution in [1.82, 2.24) is 15.2 Å². The van der Waals surface area contributed by atoms with Gasteiger partial charge in [-0.1, -0.05) is 6.92 Å². The first-order valence-electron chi connectivity index (χ1n) is 8.68. The molecule has 5 nitrogen and oxygen atoms in total. The Balaban J connectivity index is 1.57. The molecule has 4 saturated heterocycles. The zero-order valence-corrected chi connectivity index (χ0v) is 14.0. The number of hydrogen-bond donors (Lipinski definition) is 1. The fourth-order valence-corrected chi connectivity index (χ4v) is 4.50. The minimum Gasteiger partial charge on any atom is -0.300 e. The molecule has 1 aromatic rings. The van der Waals surface area contributed by atoms with Gasteiger partial charge in [-0.15, -0.1) is 0 Å². The summed E-state index contributed by atoms with van der Waals surface area (Å²) in [5, 5.41) is 4.58. The molecule has 1 N–H and O–H groups in total. The number of piperidine rings is 2. The molecule has 128 valence electrons. The topological polar surface area (TPSA) is 47.9 Å². The number of hydrogen-bond acceptors (Lipinski definition) is 4. The van der Waals surface area contributed by atoms with Crippen LogP contribution in [0.5, 0.6) is 0 Å². The fraction of sp³-hybridized carbons (Fsp3) is 0.556. The molecule has 6 heteroatoms. The van der Waals surface area contributed by atoms with Gasteiger partial charge >= 0.3 is 0 Å². The number of hydrazone groups is 1. The van der Waals surface area contributed by atoms with Crippen molar-refractivity contribution in [2.75, 3.05) is 39.3 Å². The third kappa shape index (κ3) is 2.63. The van der Waals surface area contributed by atoms with Gasteiger partial charge in [-0.25, -0.2) is 9.82 Å². The van der Waals surface area contributed by atoms with Crippen LogP contribution in [0.15, 0.2) is 29.4 Å². The van der Waals surface area contributed by atoms with E-state index in [-0.39, 0.29) is 17.1 Å². The third-order valence-corrected chi connectivity index (χ3v) is 5.73. The Bertz CT molecular complexity index is 656. The monoisotopic (exact) mass is 330 g/mol. The van der Waals surface area contributed by atoms with E-state index in [9.17, 15) is 9.18 Å². The maximum atomic E-state index is 13.0. The molecule has 4 heterocycles. The lowest BCUT2D eigenvalue weighted by atomic mass is 9.69. The molecule has 0 aromatic heterocycles. The molecule has 4 aliphatic heterocycles. The van der Waals surface area contributed by atoms with Crippen LogP contribution in [0.2, 0.25) is 0 Å². The minimum atomic E-state index is -0.344.